The molecule has 0 radical (unpaired) electrons. The summed E-state index contributed by atoms with van der Waals surface area (Å²) in [6.07, 6.45) is 3.61. The maximum absolute atomic E-state index is 6.60. The van der Waals surface area contributed by atoms with Crippen molar-refractivity contribution in [2.45, 2.75) is 26.2 Å². The van der Waals surface area contributed by atoms with Crippen LogP contribution in [0.4, 0.5) is 0 Å². The molecule has 0 rings (SSSR count). The third-order valence-corrected chi connectivity index (χ3v) is 1.26. The minimum atomic E-state index is 0.914. The number of nitrogens with one attached hydrogen (secondary N) is 1. The Balaban J connectivity index is 2.96. The number of unbranched alkanes of at least 4 members (excludes halogenated alkanes) is 2. The maximum Gasteiger partial charge on any atom is 0.0373 e. The van der Waals surface area contributed by atoms with Crippen molar-refractivity contribution in [1.82, 2.24) is 5.01 Å². The lowest BCUT2D eigenvalue weighted by molar-refractivity contribution is 0.312. The van der Waals surface area contributed by atoms with Crippen molar-refractivity contribution in [3.63, 3.8) is 0 Å². The average molecular weight is 129 g/mol. The van der Waals surface area contributed by atoms with Gasteiger partial charge in [0.05, 0.1) is 0 Å². The van der Waals surface area contributed by atoms with Crippen molar-refractivity contribution >= 4 is 0 Å². The fraction of sp³-hybridized carbons (Fsp3) is 1.00. The standard InChI is InChI=1S/C6H15N3/c1-3-4-5-6-9(2)8-7/h7H,3-6H2,1-2H3. The molecule has 0 heterocycles. The van der Waals surface area contributed by atoms with Gasteiger partial charge in [0.1, 0.15) is 0 Å². The molecule has 0 aliphatic rings. The Hall–Kier alpha value is -0.600. The van der Waals surface area contributed by atoms with Gasteiger partial charge in [0, 0.05) is 13.6 Å². The topological polar surface area (TPSA) is 39.5 Å². The van der Waals surface area contributed by atoms with Crippen LogP contribution < -0.4 is 0 Å². The number of rotatable bonds is 5. The van der Waals surface area contributed by atoms with Crippen LogP contribution in [0, 0.1) is 5.53 Å². The van der Waals surface area contributed by atoms with Crippen LogP contribution in [0.25, 0.3) is 0 Å². The summed E-state index contributed by atoms with van der Waals surface area (Å²) in [5.74, 6) is 0. The lowest BCUT2D eigenvalue weighted by Gasteiger charge is -2.07. The highest BCUT2D eigenvalue weighted by Crippen LogP contribution is 1.95. The molecular weight excluding hydrogens is 114 g/mol. The van der Waals surface area contributed by atoms with Crippen molar-refractivity contribution in [1.29, 1.82) is 5.53 Å². The highest BCUT2D eigenvalue weighted by atomic mass is 15.5. The first-order chi connectivity index (χ1) is 4.31. The molecule has 0 aromatic heterocycles. The van der Waals surface area contributed by atoms with E-state index in [0.29, 0.717) is 0 Å². The molecule has 0 fully saturated rings. The monoisotopic (exact) mass is 129 g/mol. The zero-order valence-electron chi connectivity index (χ0n) is 6.22. The number of hydrogen-bond donors (Lipinski definition) is 1. The van der Waals surface area contributed by atoms with E-state index >= 15 is 0 Å². The van der Waals surface area contributed by atoms with Crippen LogP contribution in [0.15, 0.2) is 5.22 Å². The summed E-state index contributed by atoms with van der Waals surface area (Å²) in [5.41, 5.74) is 6.60. The van der Waals surface area contributed by atoms with Gasteiger partial charge in [-0.3, -0.25) is 5.01 Å². The molecule has 3 nitrogen and oxygen atoms in total. The van der Waals surface area contributed by atoms with Gasteiger partial charge >= 0.3 is 0 Å². The second kappa shape index (κ2) is 5.54. The van der Waals surface area contributed by atoms with Gasteiger partial charge in [0.15, 0.2) is 0 Å². The Kier molecular flexibility index (Phi) is 5.17. The Morgan fingerprint density at radius 3 is 2.56 bits per heavy atom. The van der Waals surface area contributed by atoms with E-state index in [0.717, 1.165) is 13.0 Å². The van der Waals surface area contributed by atoms with Gasteiger partial charge in [-0.05, 0) is 6.42 Å². The van der Waals surface area contributed by atoms with Crippen LogP contribution in [0.1, 0.15) is 26.2 Å². The van der Waals surface area contributed by atoms with Crippen molar-refractivity contribution in [2.24, 2.45) is 5.22 Å². The fourth-order valence-electron chi connectivity index (χ4n) is 0.641. The zero-order chi connectivity index (χ0) is 7.11. The number of nitrogens with zero attached hydrogens (tertiary/aromatic N) is 2. The second-order valence-corrected chi connectivity index (χ2v) is 2.19. The van der Waals surface area contributed by atoms with Gasteiger partial charge in [-0.15, -0.1) is 0 Å². The molecule has 0 atom stereocenters. The first-order valence-corrected chi connectivity index (χ1v) is 3.39. The molecule has 0 spiro atoms. The maximum atomic E-state index is 6.60. The van der Waals surface area contributed by atoms with Crippen LogP contribution in [-0.2, 0) is 0 Å². The predicted octanol–water partition coefficient (Wildman–Crippen LogP) is 2.05. The van der Waals surface area contributed by atoms with Crippen molar-refractivity contribution in [3.8, 4) is 0 Å². The van der Waals surface area contributed by atoms with Crippen molar-refractivity contribution in [3.05, 3.63) is 0 Å². The minimum absolute atomic E-state index is 0.914. The normalized spacial score (nSPS) is 9.11. The van der Waals surface area contributed by atoms with Crippen LogP contribution in [0.3, 0.4) is 0 Å². The molecule has 0 aromatic carbocycles. The Labute approximate surface area is 56.5 Å². The summed E-state index contributed by atoms with van der Waals surface area (Å²) >= 11 is 0. The van der Waals surface area contributed by atoms with Gasteiger partial charge < -0.3 is 0 Å². The molecule has 0 amide bonds. The summed E-state index contributed by atoms with van der Waals surface area (Å²) in [6.45, 7) is 3.08. The first kappa shape index (κ1) is 8.40. The summed E-state index contributed by atoms with van der Waals surface area (Å²) in [6, 6.07) is 0. The van der Waals surface area contributed by atoms with Gasteiger partial charge in [-0.2, -0.15) is 5.53 Å². The van der Waals surface area contributed by atoms with E-state index in [1.54, 1.807) is 5.01 Å². The summed E-state index contributed by atoms with van der Waals surface area (Å²) < 4.78 is 0. The SMILES string of the molecule is CCCCCN(C)N=N. The highest BCUT2D eigenvalue weighted by Gasteiger charge is 1.89. The van der Waals surface area contributed by atoms with Crippen LogP contribution >= 0.6 is 0 Å². The van der Waals surface area contributed by atoms with Crippen LogP contribution in [0.2, 0.25) is 0 Å². The Morgan fingerprint density at radius 2 is 2.11 bits per heavy atom. The molecule has 3 heteroatoms. The van der Waals surface area contributed by atoms with Gasteiger partial charge in [-0.1, -0.05) is 25.0 Å². The number of hydrogen-bond acceptors (Lipinski definition) is 2. The van der Waals surface area contributed by atoms with Crippen molar-refractivity contribution in [2.75, 3.05) is 13.6 Å². The van der Waals surface area contributed by atoms with Crippen molar-refractivity contribution < 1.29 is 0 Å². The van der Waals surface area contributed by atoms with Crippen LogP contribution in [0.5, 0.6) is 0 Å². The first-order valence-electron chi connectivity index (χ1n) is 3.39. The third kappa shape index (κ3) is 5.27. The molecule has 0 unspecified atom stereocenters. The molecule has 54 valence electrons. The second-order valence-electron chi connectivity index (χ2n) is 2.19. The zero-order valence-corrected chi connectivity index (χ0v) is 6.22. The molecule has 1 N–H and O–H groups in total. The quantitative estimate of drug-likeness (QED) is 0.344. The van der Waals surface area contributed by atoms with E-state index in [-0.39, 0.29) is 0 Å². The van der Waals surface area contributed by atoms with E-state index in [1.165, 1.54) is 12.8 Å². The predicted molar refractivity (Wildman–Crippen MR) is 37.3 cm³/mol. The molecule has 0 aliphatic carbocycles. The average Bonchev–Trinajstić information content (AvgIpc) is 1.89. The summed E-state index contributed by atoms with van der Waals surface area (Å²) in [7, 11) is 1.82. The highest BCUT2D eigenvalue weighted by molar-refractivity contribution is 4.41. The van der Waals surface area contributed by atoms with E-state index in [1.807, 2.05) is 7.05 Å². The van der Waals surface area contributed by atoms with Crippen LogP contribution in [-0.4, -0.2) is 18.6 Å². The van der Waals surface area contributed by atoms with E-state index in [9.17, 15) is 0 Å². The minimum Gasteiger partial charge on any atom is -0.282 e. The van der Waals surface area contributed by atoms with Gasteiger partial charge in [0.2, 0.25) is 0 Å². The van der Waals surface area contributed by atoms with Gasteiger partial charge in [0.25, 0.3) is 0 Å². The molecular formula is C6H15N3. The smallest absolute Gasteiger partial charge is 0.0373 e. The summed E-state index contributed by atoms with van der Waals surface area (Å²) in [4.78, 5) is 0. The lowest BCUT2D eigenvalue weighted by atomic mass is 10.2. The van der Waals surface area contributed by atoms with E-state index in [4.69, 9.17) is 5.53 Å². The van der Waals surface area contributed by atoms with E-state index < -0.39 is 0 Å². The Bertz CT molecular complexity index is 72.7. The Morgan fingerprint density at radius 1 is 1.44 bits per heavy atom. The molecule has 9 heavy (non-hydrogen) atoms. The lowest BCUT2D eigenvalue weighted by Crippen LogP contribution is -2.10. The molecule has 0 aliphatic heterocycles. The van der Waals surface area contributed by atoms with E-state index in [2.05, 4.69) is 12.1 Å². The molecule has 0 saturated heterocycles. The largest absolute Gasteiger partial charge is 0.282 e. The fourth-order valence-corrected chi connectivity index (χ4v) is 0.641. The van der Waals surface area contributed by atoms with Gasteiger partial charge in [-0.25, -0.2) is 0 Å². The molecule has 0 bridgehead atoms. The molecule has 0 saturated carbocycles. The summed E-state index contributed by atoms with van der Waals surface area (Å²) in [5, 5.41) is 4.89. The molecule has 0 aromatic rings. The third-order valence-electron chi connectivity index (χ3n) is 1.26.